The number of rotatable bonds is 4. The molecule has 2 rings (SSSR count). The third kappa shape index (κ3) is 3.32. The smallest absolute Gasteiger partial charge is 0.125 e. The first-order chi connectivity index (χ1) is 9.13. The van der Waals surface area contributed by atoms with Gasteiger partial charge in [0.25, 0.3) is 0 Å². The van der Waals surface area contributed by atoms with E-state index in [1.54, 1.807) is 25.8 Å². The van der Waals surface area contributed by atoms with Crippen LogP contribution in [0.25, 0.3) is 0 Å². The maximum Gasteiger partial charge on any atom is 0.125 e. The SMILES string of the molecule is COc1cccc(Sc2ccccc2Br)c1[C@H](C)O. The van der Waals surface area contributed by atoms with Gasteiger partial charge in [-0.05, 0) is 47.1 Å². The maximum absolute atomic E-state index is 9.96. The molecule has 0 amide bonds. The zero-order chi connectivity index (χ0) is 13.8. The highest BCUT2D eigenvalue weighted by molar-refractivity contribution is 9.10. The molecule has 1 atom stereocenters. The van der Waals surface area contributed by atoms with Crippen molar-refractivity contribution in [3.63, 3.8) is 0 Å². The minimum absolute atomic E-state index is 0.568. The number of ether oxygens (including phenoxy) is 1. The van der Waals surface area contributed by atoms with Gasteiger partial charge >= 0.3 is 0 Å². The summed E-state index contributed by atoms with van der Waals surface area (Å²) in [7, 11) is 1.62. The highest BCUT2D eigenvalue weighted by Gasteiger charge is 2.15. The van der Waals surface area contributed by atoms with Crippen LogP contribution in [0.5, 0.6) is 5.75 Å². The molecule has 100 valence electrons. The van der Waals surface area contributed by atoms with Gasteiger partial charge in [0.2, 0.25) is 0 Å². The Morgan fingerprint density at radius 1 is 1.11 bits per heavy atom. The van der Waals surface area contributed by atoms with E-state index < -0.39 is 6.10 Å². The van der Waals surface area contributed by atoms with E-state index in [0.29, 0.717) is 5.75 Å². The fraction of sp³-hybridized carbons (Fsp3) is 0.200. The number of hydrogen-bond donors (Lipinski definition) is 1. The summed E-state index contributed by atoms with van der Waals surface area (Å²) in [6, 6.07) is 13.8. The van der Waals surface area contributed by atoms with Gasteiger partial charge in [-0.15, -0.1) is 0 Å². The Hall–Kier alpha value is -0.970. The standard InChI is InChI=1S/C15H15BrO2S/c1-10(17)15-12(18-2)7-5-9-14(15)19-13-8-4-3-6-11(13)16/h3-10,17H,1-2H3/t10-/m0/s1. The summed E-state index contributed by atoms with van der Waals surface area (Å²) in [5, 5.41) is 9.96. The van der Waals surface area contributed by atoms with E-state index in [9.17, 15) is 5.11 Å². The molecule has 0 unspecified atom stereocenters. The van der Waals surface area contributed by atoms with Crippen molar-refractivity contribution >= 4 is 27.7 Å². The predicted molar refractivity (Wildman–Crippen MR) is 81.9 cm³/mol. The second-order valence-electron chi connectivity index (χ2n) is 4.08. The Kier molecular flexibility index (Phi) is 4.91. The van der Waals surface area contributed by atoms with Gasteiger partial charge in [0.1, 0.15) is 5.75 Å². The van der Waals surface area contributed by atoms with Crippen LogP contribution in [-0.4, -0.2) is 12.2 Å². The predicted octanol–water partition coefficient (Wildman–Crippen LogP) is 4.66. The van der Waals surface area contributed by atoms with Crippen LogP contribution < -0.4 is 4.74 Å². The van der Waals surface area contributed by atoms with Crippen molar-refractivity contribution in [3.8, 4) is 5.75 Å². The highest BCUT2D eigenvalue weighted by Crippen LogP contribution is 2.40. The molecule has 19 heavy (non-hydrogen) atoms. The molecule has 0 spiro atoms. The zero-order valence-corrected chi connectivity index (χ0v) is 13.2. The molecule has 0 bridgehead atoms. The Bertz CT molecular complexity index is 570. The number of aliphatic hydroxyl groups is 1. The largest absolute Gasteiger partial charge is 0.496 e. The van der Waals surface area contributed by atoms with Crippen LogP contribution >= 0.6 is 27.7 Å². The van der Waals surface area contributed by atoms with Crippen molar-refractivity contribution in [2.45, 2.75) is 22.8 Å². The lowest BCUT2D eigenvalue weighted by molar-refractivity contribution is 0.191. The molecule has 2 aromatic carbocycles. The van der Waals surface area contributed by atoms with Crippen molar-refractivity contribution < 1.29 is 9.84 Å². The zero-order valence-electron chi connectivity index (χ0n) is 10.8. The summed E-state index contributed by atoms with van der Waals surface area (Å²) in [5.41, 5.74) is 0.825. The number of halogens is 1. The van der Waals surface area contributed by atoms with Crippen LogP contribution in [0.3, 0.4) is 0 Å². The summed E-state index contributed by atoms with van der Waals surface area (Å²) in [4.78, 5) is 2.11. The molecule has 0 aliphatic carbocycles. The summed E-state index contributed by atoms with van der Waals surface area (Å²) in [6.07, 6.45) is -0.568. The molecule has 0 saturated carbocycles. The fourth-order valence-corrected chi connectivity index (χ4v) is 3.45. The molecule has 0 aliphatic heterocycles. The van der Waals surface area contributed by atoms with Crippen LogP contribution in [-0.2, 0) is 0 Å². The van der Waals surface area contributed by atoms with E-state index in [2.05, 4.69) is 15.9 Å². The van der Waals surface area contributed by atoms with Crippen molar-refractivity contribution in [1.82, 2.24) is 0 Å². The quantitative estimate of drug-likeness (QED) is 0.878. The average Bonchev–Trinajstić information content (AvgIpc) is 2.40. The molecule has 0 saturated heterocycles. The van der Waals surface area contributed by atoms with Gasteiger partial charge in [-0.2, -0.15) is 0 Å². The molecule has 0 heterocycles. The first-order valence-electron chi connectivity index (χ1n) is 5.91. The molecule has 4 heteroatoms. The molecular weight excluding hydrogens is 324 g/mol. The molecule has 2 aromatic rings. The van der Waals surface area contributed by atoms with Crippen LogP contribution in [0, 0.1) is 0 Å². The van der Waals surface area contributed by atoms with Crippen molar-refractivity contribution in [2.24, 2.45) is 0 Å². The van der Waals surface area contributed by atoms with E-state index in [0.717, 1.165) is 19.8 Å². The van der Waals surface area contributed by atoms with E-state index >= 15 is 0 Å². The topological polar surface area (TPSA) is 29.5 Å². The van der Waals surface area contributed by atoms with Gasteiger partial charge in [0, 0.05) is 19.8 Å². The van der Waals surface area contributed by atoms with Crippen LogP contribution in [0.1, 0.15) is 18.6 Å². The van der Waals surface area contributed by atoms with Gasteiger partial charge in [0.15, 0.2) is 0 Å². The molecule has 0 radical (unpaired) electrons. The molecule has 0 aliphatic rings. The Balaban J connectivity index is 2.43. The molecular formula is C15H15BrO2S. The van der Waals surface area contributed by atoms with Crippen molar-refractivity contribution in [3.05, 3.63) is 52.5 Å². The fourth-order valence-electron chi connectivity index (χ4n) is 1.85. The van der Waals surface area contributed by atoms with Gasteiger partial charge < -0.3 is 9.84 Å². The van der Waals surface area contributed by atoms with Gasteiger partial charge in [-0.1, -0.05) is 30.0 Å². The lowest BCUT2D eigenvalue weighted by atomic mass is 10.1. The number of hydrogen-bond acceptors (Lipinski definition) is 3. The Morgan fingerprint density at radius 2 is 1.79 bits per heavy atom. The van der Waals surface area contributed by atoms with Crippen LogP contribution in [0.15, 0.2) is 56.7 Å². The Morgan fingerprint density at radius 3 is 2.42 bits per heavy atom. The first kappa shape index (κ1) is 14.4. The van der Waals surface area contributed by atoms with Gasteiger partial charge in [-0.3, -0.25) is 0 Å². The second-order valence-corrected chi connectivity index (χ2v) is 6.02. The van der Waals surface area contributed by atoms with Crippen LogP contribution in [0.2, 0.25) is 0 Å². The summed E-state index contributed by atoms with van der Waals surface area (Å²) < 4.78 is 6.37. The molecule has 0 aromatic heterocycles. The number of aliphatic hydroxyl groups excluding tert-OH is 1. The lowest BCUT2D eigenvalue weighted by Gasteiger charge is -2.16. The number of benzene rings is 2. The van der Waals surface area contributed by atoms with Crippen molar-refractivity contribution in [2.75, 3.05) is 7.11 Å². The van der Waals surface area contributed by atoms with E-state index in [4.69, 9.17) is 4.74 Å². The highest BCUT2D eigenvalue weighted by atomic mass is 79.9. The third-order valence-corrected chi connectivity index (χ3v) is 4.83. The summed E-state index contributed by atoms with van der Waals surface area (Å²) >= 11 is 5.15. The summed E-state index contributed by atoms with van der Waals surface area (Å²) in [6.45, 7) is 1.75. The maximum atomic E-state index is 9.96. The van der Waals surface area contributed by atoms with Gasteiger partial charge in [-0.25, -0.2) is 0 Å². The molecule has 1 N–H and O–H groups in total. The minimum atomic E-state index is -0.568. The Labute approximate surface area is 125 Å². The van der Waals surface area contributed by atoms with E-state index in [1.165, 1.54) is 0 Å². The third-order valence-electron chi connectivity index (χ3n) is 2.72. The summed E-state index contributed by atoms with van der Waals surface area (Å²) in [5.74, 6) is 0.715. The van der Waals surface area contributed by atoms with Crippen molar-refractivity contribution in [1.29, 1.82) is 0 Å². The first-order valence-corrected chi connectivity index (χ1v) is 7.51. The monoisotopic (exact) mass is 338 g/mol. The molecule has 0 fully saturated rings. The van der Waals surface area contributed by atoms with Gasteiger partial charge in [0.05, 0.1) is 13.2 Å². The van der Waals surface area contributed by atoms with E-state index in [1.807, 2.05) is 42.5 Å². The van der Waals surface area contributed by atoms with E-state index in [-0.39, 0.29) is 0 Å². The molecule has 2 nitrogen and oxygen atoms in total. The average molecular weight is 339 g/mol. The normalized spacial score (nSPS) is 12.2. The minimum Gasteiger partial charge on any atom is -0.496 e. The lowest BCUT2D eigenvalue weighted by Crippen LogP contribution is -1.98. The second kappa shape index (κ2) is 6.46. The number of methoxy groups -OCH3 is 1. The van der Waals surface area contributed by atoms with Crippen LogP contribution in [0.4, 0.5) is 0 Å².